The van der Waals surface area contributed by atoms with Crippen molar-refractivity contribution in [2.45, 2.75) is 32.7 Å². The van der Waals surface area contributed by atoms with Crippen LogP contribution in [0.4, 0.5) is 0 Å². The molecule has 0 bridgehead atoms. The zero-order valence-electron chi connectivity index (χ0n) is 16.5. The lowest BCUT2D eigenvalue weighted by Gasteiger charge is -2.11. The summed E-state index contributed by atoms with van der Waals surface area (Å²) in [7, 11) is 1.62. The number of aromatic amines is 1. The van der Waals surface area contributed by atoms with Crippen molar-refractivity contribution in [2.24, 2.45) is 0 Å². The van der Waals surface area contributed by atoms with E-state index < -0.39 is 11.4 Å². The van der Waals surface area contributed by atoms with E-state index >= 15 is 0 Å². The van der Waals surface area contributed by atoms with Crippen LogP contribution < -0.4 is 20.9 Å². The predicted molar refractivity (Wildman–Crippen MR) is 111 cm³/mol. The van der Waals surface area contributed by atoms with Gasteiger partial charge in [-0.1, -0.05) is 31.6 Å². The van der Waals surface area contributed by atoms with E-state index in [1.54, 1.807) is 7.11 Å². The Morgan fingerprint density at radius 2 is 1.86 bits per heavy atom. The first-order chi connectivity index (χ1) is 14.1. The van der Waals surface area contributed by atoms with Gasteiger partial charge >= 0.3 is 11.4 Å². The Kier molecular flexibility index (Phi) is 6.73. The summed E-state index contributed by atoms with van der Waals surface area (Å²) in [6.07, 6.45) is 4.78. The fourth-order valence-electron chi connectivity index (χ4n) is 2.90. The molecule has 0 radical (unpaired) electrons. The van der Waals surface area contributed by atoms with Gasteiger partial charge in [0.1, 0.15) is 17.2 Å². The van der Waals surface area contributed by atoms with Gasteiger partial charge < -0.3 is 14.0 Å². The van der Waals surface area contributed by atoms with Crippen LogP contribution in [0.15, 0.2) is 68.7 Å². The van der Waals surface area contributed by atoms with Crippen molar-refractivity contribution in [3.05, 3.63) is 81.2 Å². The molecule has 0 saturated heterocycles. The summed E-state index contributed by atoms with van der Waals surface area (Å²) < 4.78 is 17.0. The van der Waals surface area contributed by atoms with Crippen LogP contribution in [0.5, 0.6) is 17.2 Å². The minimum absolute atomic E-state index is 0.181. The predicted octanol–water partition coefficient (Wildman–Crippen LogP) is 4.20. The summed E-state index contributed by atoms with van der Waals surface area (Å²) in [6.45, 7) is 2.30. The lowest BCUT2D eigenvalue weighted by atomic mass is 9.99. The largest absolute Gasteiger partial charge is 0.497 e. The summed E-state index contributed by atoms with van der Waals surface area (Å²) in [5, 5.41) is 0. The minimum atomic E-state index is -0.756. The van der Waals surface area contributed by atoms with Crippen LogP contribution in [0.2, 0.25) is 0 Å². The third kappa shape index (κ3) is 5.51. The highest BCUT2D eigenvalue weighted by atomic mass is 16.5. The van der Waals surface area contributed by atoms with Gasteiger partial charge in [-0.05, 0) is 60.4 Å². The molecule has 0 saturated carbocycles. The van der Waals surface area contributed by atoms with E-state index in [9.17, 15) is 9.59 Å². The van der Waals surface area contributed by atoms with Crippen LogP contribution in [0.25, 0.3) is 5.57 Å². The molecular formula is C22H24N2O5. The van der Waals surface area contributed by atoms with Gasteiger partial charge in [0.05, 0.1) is 13.7 Å². The van der Waals surface area contributed by atoms with E-state index in [1.165, 1.54) is 0 Å². The van der Waals surface area contributed by atoms with E-state index in [1.807, 2.05) is 54.6 Å². The van der Waals surface area contributed by atoms with E-state index in [0.717, 1.165) is 40.9 Å². The maximum absolute atomic E-state index is 11.7. The smallest absolute Gasteiger partial charge is 0.440 e. The summed E-state index contributed by atoms with van der Waals surface area (Å²) in [5.41, 5.74) is 1.50. The van der Waals surface area contributed by atoms with Gasteiger partial charge in [0, 0.05) is 0 Å². The summed E-state index contributed by atoms with van der Waals surface area (Å²) in [6, 6.07) is 15.2. The first-order valence-corrected chi connectivity index (χ1v) is 9.51. The number of methoxy groups -OCH3 is 1. The van der Waals surface area contributed by atoms with Crippen molar-refractivity contribution in [1.82, 2.24) is 9.72 Å². The summed E-state index contributed by atoms with van der Waals surface area (Å²) in [4.78, 5) is 24.9. The second-order valence-corrected chi connectivity index (χ2v) is 6.51. The fourth-order valence-corrected chi connectivity index (χ4v) is 2.90. The second kappa shape index (κ2) is 9.64. The lowest BCUT2D eigenvalue weighted by Crippen LogP contribution is -2.16. The number of ether oxygens (including phenoxy) is 2. The highest BCUT2D eigenvalue weighted by Gasteiger charge is 2.07. The van der Waals surface area contributed by atoms with Crippen LogP contribution >= 0.6 is 0 Å². The molecule has 3 aromatic rings. The van der Waals surface area contributed by atoms with Crippen LogP contribution in [0.3, 0.4) is 0 Å². The van der Waals surface area contributed by atoms with Crippen molar-refractivity contribution >= 4 is 5.57 Å². The van der Waals surface area contributed by atoms with Gasteiger partial charge in [-0.2, -0.15) is 0 Å². The maximum atomic E-state index is 11.7. The van der Waals surface area contributed by atoms with Gasteiger partial charge in [-0.3, -0.25) is 0 Å². The molecular weight excluding hydrogens is 372 g/mol. The minimum Gasteiger partial charge on any atom is -0.497 e. The molecule has 1 heterocycles. The number of rotatable bonds is 9. The van der Waals surface area contributed by atoms with E-state index in [2.05, 4.69) is 11.9 Å². The Bertz CT molecular complexity index is 1070. The van der Waals surface area contributed by atoms with Crippen molar-refractivity contribution in [3.8, 4) is 17.2 Å². The van der Waals surface area contributed by atoms with Crippen molar-refractivity contribution in [2.75, 3.05) is 7.11 Å². The van der Waals surface area contributed by atoms with Crippen molar-refractivity contribution in [3.63, 3.8) is 0 Å². The Morgan fingerprint density at radius 1 is 1.10 bits per heavy atom. The average Bonchev–Trinajstić information content (AvgIpc) is 3.06. The first kappa shape index (κ1) is 20.3. The fraction of sp³-hybridized carbons (Fsp3) is 0.273. The number of allylic oxidation sites excluding steroid dienone is 2. The van der Waals surface area contributed by atoms with E-state index in [4.69, 9.17) is 14.0 Å². The topological polar surface area (TPSA) is 86.5 Å². The number of hydrogen-bond donors (Lipinski definition) is 1. The molecule has 152 valence electrons. The Labute approximate surface area is 168 Å². The van der Waals surface area contributed by atoms with Gasteiger partial charge in [0.2, 0.25) is 0 Å². The third-order valence-electron chi connectivity index (χ3n) is 4.43. The second-order valence-electron chi connectivity index (χ2n) is 6.51. The molecule has 29 heavy (non-hydrogen) atoms. The van der Waals surface area contributed by atoms with Gasteiger partial charge in [0.25, 0.3) is 0 Å². The quantitative estimate of drug-likeness (QED) is 0.586. The molecule has 0 spiro atoms. The van der Waals surface area contributed by atoms with Gasteiger partial charge in [-0.15, -0.1) is 4.74 Å². The molecule has 1 aromatic heterocycles. The van der Waals surface area contributed by atoms with Crippen LogP contribution in [-0.4, -0.2) is 16.8 Å². The Hall–Kier alpha value is -3.48. The number of benzene rings is 2. The zero-order chi connectivity index (χ0) is 20.6. The maximum Gasteiger partial charge on any atom is 0.440 e. The van der Waals surface area contributed by atoms with Gasteiger partial charge in [-0.25, -0.2) is 14.6 Å². The first-order valence-electron chi connectivity index (χ1n) is 9.51. The van der Waals surface area contributed by atoms with E-state index in [0.29, 0.717) is 11.5 Å². The van der Waals surface area contributed by atoms with Crippen molar-refractivity contribution < 1.29 is 14.0 Å². The standard InChI is InChI=1S/C22H24N2O5/c1-3-4-6-16(13-14-24-21(25)23-22(26)29-24)17-7-5-8-20(15-17)28-19-11-9-18(27-2)10-12-19/h5,7-13,15H,3-4,6,14H2,1-2H3,(H,23,25,26)/b16-13+. The number of nitrogens with one attached hydrogen (secondary N) is 1. The molecule has 7 heteroatoms. The molecule has 3 rings (SSSR count). The number of aromatic nitrogens is 2. The highest BCUT2D eigenvalue weighted by Crippen LogP contribution is 2.28. The number of H-pyrrole nitrogens is 1. The lowest BCUT2D eigenvalue weighted by molar-refractivity contribution is 0.261. The number of hydrogen-bond acceptors (Lipinski definition) is 5. The molecule has 0 unspecified atom stereocenters. The normalized spacial score (nSPS) is 11.4. The molecule has 2 aromatic carbocycles. The summed E-state index contributed by atoms with van der Waals surface area (Å²) >= 11 is 0. The van der Waals surface area contributed by atoms with Gasteiger partial charge in [0.15, 0.2) is 0 Å². The number of unbranched alkanes of at least 4 members (excludes halogenated alkanes) is 1. The van der Waals surface area contributed by atoms with E-state index in [-0.39, 0.29) is 6.54 Å². The third-order valence-corrected chi connectivity index (χ3v) is 4.43. The molecule has 0 atom stereocenters. The summed E-state index contributed by atoms with van der Waals surface area (Å²) in [5.74, 6) is 1.43. The zero-order valence-corrected chi connectivity index (χ0v) is 16.5. The van der Waals surface area contributed by atoms with Crippen LogP contribution in [0, 0.1) is 0 Å². The monoisotopic (exact) mass is 396 g/mol. The molecule has 0 aliphatic carbocycles. The van der Waals surface area contributed by atoms with Crippen LogP contribution in [-0.2, 0) is 6.54 Å². The van der Waals surface area contributed by atoms with Crippen molar-refractivity contribution in [1.29, 1.82) is 0 Å². The number of nitrogens with zero attached hydrogens (tertiary/aromatic N) is 1. The van der Waals surface area contributed by atoms with Crippen LogP contribution in [0.1, 0.15) is 31.7 Å². The highest BCUT2D eigenvalue weighted by molar-refractivity contribution is 5.66. The molecule has 0 amide bonds. The average molecular weight is 396 g/mol. The Balaban J connectivity index is 1.82. The molecule has 0 aliphatic heterocycles. The SMILES string of the molecule is CCCC/C(=C\Cn1oc(=O)[nH]c1=O)c1cccc(Oc2ccc(OC)cc2)c1. The molecule has 0 aliphatic rings. The Morgan fingerprint density at radius 3 is 2.52 bits per heavy atom. The molecule has 1 N–H and O–H groups in total. The molecule has 0 fully saturated rings. The molecule has 7 nitrogen and oxygen atoms in total.